The molecule has 5 nitrogen and oxygen atoms in total. The summed E-state index contributed by atoms with van der Waals surface area (Å²) < 4.78 is 6.94. The molecule has 0 amide bonds. The lowest BCUT2D eigenvalue weighted by atomic mass is 10.1. The molecule has 0 saturated heterocycles. The van der Waals surface area contributed by atoms with Crippen LogP contribution < -0.4 is 4.74 Å². The molecule has 0 saturated carbocycles. The number of carboxylic acid groups (broad SMARTS) is 1. The Labute approximate surface area is 95.0 Å². The fourth-order valence-corrected chi connectivity index (χ4v) is 1.29. The molecule has 90 valence electrons. The Hall–Kier alpha value is -1.52. The Morgan fingerprint density at radius 1 is 1.50 bits per heavy atom. The molecule has 1 rings (SSSR count). The summed E-state index contributed by atoms with van der Waals surface area (Å²) in [6.07, 6.45) is 1.91. The van der Waals surface area contributed by atoms with E-state index in [1.165, 1.54) is 0 Å². The maximum atomic E-state index is 10.4. The van der Waals surface area contributed by atoms with Crippen LogP contribution in [0.1, 0.15) is 45.2 Å². The van der Waals surface area contributed by atoms with Crippen LogP contribution in [0.25, 0.3) is 0 Å². The minimum Gasteiger partial charge on any atom is -0.479 e. The number of nitrogens with zero attached hydrogens (tertiary/aromatic N) is 2. The number of aromatic nitrogens is 2. The number of hydrogen-bond acceptors (Lipinski definition) is 3. The van der Waals surface area contributed by atoms with Crippen LogP contribution in [0.5, 0.6) is 5.88 Å². The van der Waals surface area contributed by atoms with E-state index in [1.54, 1.807) is 4.68 Å². The zero-order valence-corrected chi connectivity index (χ0v) is 10.1. The summed E-state index contributed by atoms with van der Waals surface area (Å²) in [6.45, 7) is 7.72. The first-order valence-electron chi connectivity index (χ1n) is 5.35. The molecular weight excluding hydrogens is 208 g/mol. The van der Waals surface area contributed by atoms with Crippen LogP contribution in [-0.4, -0.2) is 27.5 Å². The summed E-state index contributed by atoms with van der Waals surface area (Å²) in [6, 6.07) is 0.236. The summed E-state index contributed by atoms with van der Waals surface area (Å²) >= 11 is 0. The molecule has 1 aromatic rings. The van der Waals surface area contributed by atoms with Gasteiger partial charge in [-0.25, -0.2) is 4.79 Å². The highest BCUT2D eigenvalue weighted by Crippen LogP contribution is 2.26. The molecule has 0 aliphatic rings. The van der Waals surface area contributed by atoms with Crippen molar-refractivity contribution in [2.24, 2.45) is 0 Å². The van der Waals surface area contributed by atoms with Crippen LogP contribution in [-0.2, 0) is 4.79 Å². The van der Waals surface area contributed by atoms with Crippen molar-refractivity contribution in [2.75, 3.05) is 6.61 Å². The molecule has 5 heteroatoms. The van der Waals surface area contributed by atoms with E-state index in [1.807, 2.05) is 33.9 Å². The molecule has 0 aliphatic heterocycles. The molecule has 0 atom stereocenters. The fraction of sp³-hybridized carbons (Fsp3) is 0.636. The van der Waals surface area contributed by atoms with Gasteiger partial charge in [-0.05, 0) is 19.8 Å². The number of rotatable bonds is 5. The summed E-state index contributed by atoms with van der Waals surface area (Å²) in [5, 5.41) is 12.8. The normalized spacial score (nSPS) is 11.1. The molecule has 0 aliphatic carbocycles. The Morgan fingerprint density at radius 3 is 2.56 bits per heavy atom. The van der Waals surface area contributed by atoms with E-state index >= 15 is 0 Å². The van der Waals surface area contributed by atoms with E-state index in [0.29, 0.717) is 5.88 Å². The zero-order valence-electron chi connectivity index (χ0n) is 10.1. The number of carbonyl (C=O) groups is 1. The number of hydrogen-bond donors (Lipinski definition) is 1. The highest BCUT2D eigenvalue weighted by Gasteiger charge is 2.15. The number of aliphatic carboxylic acids is 1. The van der Waals surface area contributed by atoms with Crippen LogP contribution in [0.3, 0.4) is 0 Å². The van der Waals surface area contributed by atoms with Gasteiger partial charge in [0, 0.05) is 17.8 Å². The van der Waals surface area contributed by atoms with Gasteiger partial charge in [-0.3, -0.25) is 4.68 Å². The molecule has 1 heterocycles. The molecule has 0 radical (unpaired) electrons. The number of carboxylic acids is 1. The Kier molecular flexibility index (Phi) is 3.93. The third kappa shape index (κ3) is 2.98. The highest BCUT2D eigenvalue weighted by molar-refractivity contribution is 5.68. The van der Waals surface area contributed by atoms with Gasteiger partial charge >= 0.3 is 5.97 Å². The highest BCUT2D eigenvalue weighted by atomic mass is 16.5. The summed E-state index contributed by atoms with van der Waals surface area (Å²) in [4.78, 5) is 10.4. The molecule has 0 unspecified atom stereocenters. The van der Waals surface area contributed by atoms with Crippen molar-refractivity contribution in [3.05, 3.63) is 11.8 Å². The van der Waals surface area contributed by atoms with Crippen LogP contribution in [0.4, 0.5) is 0 Å². The van der Waals surface area contributed by atoms with Crippen molar-refractivity contribution in [3.63, 3.8) is 0 Å². The number of ether oxygens (including phenoxy) is 1. The monoisotopic (exact) mass is 226 g/mol. The average molecular weight is 226 g/mol. The van der Waals surface area contributed by atoms with Crippen molar-refractivity contribution in [3.8, 4) is 5.88 Å². The minimum absolute atomic E-state index is 0.236. The topological polar surface area (TPSA) is 64.4 Å². The van der Waals surface area contributed by atoms with Gasteiger partial charge in [-0.15, -0.1) is 5.10 Å². The van der Waals surface area contributed by atoms with Gasteiger partial charge in [-0.2, -0.15) is 0 Å². The van der Waals surface area contributed by atoms with Crippen molar-refractivity contribution in [1.29, 1.82) is 0 Å². The molecule has 0 bridgehead atoms. The van der Waals surface area contributed by atoms with E-state index < -0.39 is 5.97 Å². The van der Waals surface area contributed by atoms with E-state index in [-0.39, 0.29) is 18.6 Å². The van der Waals surface area contributed by atoms with Gasteiger partial charge in [0.1, 0.15) is 0 Å². The van der Waals surface area contributed by atoms with E-state index in [0.717, 1.165) is 5.56 Å². The second kappa shape index (κ2) is 5.01. The average Bonchev–Trinajstić information content (AvgIpc) is 2.58. The minimum atomic E-state index is -0.992. The molecular formula is C11H18N2O3. The van der Waals surface area contributed by atoms with E-state index in [2.05, 4.69) is 5.10 Å². The predicted octanol–water partition coefficient (Wildman–Crippen LogP) is 2.05. The van der Waals surface area contributed by atoms with Gasteiger partial charge in [0.25, 0.3) is 0 Å². The summed E-state index contributed by atoms with van der Waals surface area (Å²) in [7, 11) is 0. The van der Waals surface area contributed by atoms with E-state index in [4.69, 9.17) is 9.84 Å². The second-order valence-electron chi connectivity index (χ2n) is 4.30. The first kappa shape index (κ1) is 12.5. The lowest BCUT2D eigenvalue weighted by Crippen LogP contribution is -2.11. The van der Waals surface area contributed by atoms with Crippen molar-refractivity contribution in [1.82, 2.24) is 9.78 Å². The Morgan fingerprint density at radius 2 is 2.12 bits per heavy atom. The lowest BCUT2D eigenvalue weighted by molar-refractivity contribution is -0.139. The molecule has 0 aromatic carbocycles. The van der Waals surface area contributed by atoms with Gasteiger partial charge in [0.15, 0.2) is 6.61 Å². The smallest absolute Gasteiger partial charge is 0.341 e. The van der Waals surface area contributed by atoms with Crippen LogP contribution >= 0.6 is 0 Å². The fourth-order valence-electron chi connectivity index (χ4n) is 1.29. The Bertz CT molecular complexity index is 369. The molecule has 0 fully saturated rings. The third-order valence-corrected chi connectivity index (χ3v) is 2.21. The Balaban J connectivity index is 2.91. The van der Waals surface area contributed by atoms with Crippen LogP contribution in [0, 0.1) is 0 Å². The quantitative estimate of drug-likeness (QED) is 0.834. The van der Waals surface area contributed by atoms with Gasteiger partial charge in [0.2, 0.25) is 5.88 Å². The van der Waals surface area contributed by atoms with Crippen LogP contribution in [0.15, 0.2) is 6.20 Å². The lowest BCUT2D eigenvalue weighted by Gasteiger charge is -2.04. The van der Waals surface area contributed by atoms with E-state index in [9.17, 15) is 4.79 Å². The predicted molar refractivity (Wildman–Crippen MR) is 59.8 cm³/mol. The first-order chi connectivity index (χ1) is 7.41. The molecule has 16 heavy (non-hydrogen) atoms. The summed E-state index contributed by atoms with van der Waals surface area (Å²) in [5.41, 5.74) is 0.940. The third-order valence-electron chi connectivity index (χ3n) is 2.21. The summed E-state index contributed by atoms with van der Waals surface area (Å²) in [5.74, 6) is -0.309. The first-order valence-corrected chi connectivity index (χ1v) is 5.35. The SMILES string of the molecule is CC(C)c1cn(C(C)C)nc1OCC(=O)O. The standard InChI is InChI=1S/C11H18N2O3/c1-7(2)9-5-13(8(3)4)12-11(9)16-6-10(14)15/h5,7-8H,6H2,1-4H3,(H,14,15). The van der Waals surface area contributed by atoms with Crippen molar-refractivity contribution >= 4 is 5.97 Å². The second-order valence-corrected chi connectivity index (χ2v) is 4.30. The molecule has 0 spiro atoms. The van der Waals surface area contributed by atoms with Crippen molar-refractivity contribution < 1.29 is 14.6 Å². The van der Waals surface area contributed by atoms with Gasteiger partial charge in [-0.1, -0.05) is 13.8 Å². The maximum absolute atomic E-state index is 10.4. The largest absolute Gasteiger partial charge is 0.479 e. The zero-order chi connectivity index (χ0) is 12.3. The van der Waals surface area contributed by atoms with Crippen LogP contribution in [0.2, 0.25) is 0 Å². The van der Waals surface area contributed by atoms with Gasteiger partial charge in [0.05, 0.1) is 0 Å². The molecule has 1 aromatic heterocycles. The maximum Gasteiger partial charge on any atom is 0.341 e. The van der Waals surface area contributed by atoms with Gasteiger partial charge < -0.3 is 9.84 Å². The molecule has 1 N–H and O–H groups in total. The van der Waals surface area contributed by atoms with Crippen molar-refractivity contribution in [2.45, 2.75) is 39.7 Å².